The van der Waals surface area contributed by atoms with E-state index in [-0.39, 0.29) is 11.8 Å². The van der Waals surface area contributed by atoms with E-state index in [2.05, 4.69) is 26.6 Å². The lowest BCUT2D eigenvalue weighted by Gasteiger charge is -2.10. The van der Waals surface area contributed by atoms with E-state index < -0.39 is 0 Å². The largest absolute Gasteiger partial charge is 0.323 e. The highest BCUT2D eigenvalue weighted by atomic mass is 79.9. The van der Waals surface area contributed by atoms with Gasteiger partial charge in [0.1, 0.15) is 0 Å². The van der Waals surface area contributed by atoms with Crippen LogP contribution in [0.1, 0.15) is 22.8 Å². The molecule has 2 aromatic carbocycles. The van der Waals surface area contributed by atoms with Crippen molar-refractivity contribution in [2.75, 3.05) is 10.6 Å². The highest BCUT2D eigenvalue weighted by molar-refractivity contribution is 9.10. The number of carbonyl (C=O) groups is 2. The Hall–Kier alpha value is -2.14. The highest BCUT2D eigenvalue weighted by Crippen LogP contribution is 2.25. The van der Waals surface area contributed by atoms with Crippen LogP contribution < -0.4 is 10.6 Å². The topological polar surface area (TPSA) is 58.2 Å². The predicted molar refractivity (Wildman–Crippen MR) is 88.0 cm³/mol. The summed E-state index contributed by atoms with van der Waals surface area (Å²) < 4.78 is 0.854. The number of hydrogen-bond acceptors (Lipinski definition) is 2. The molecule has 2 aromatic rings. The fraction of sp³-hybridized carbons (Fsp3) is 0.125. The second-order valence-corrected chi connectivity index (χ2v) is 5.44. The van der Waals surface area contributed by atoms with Gasteiger partial charge in [-0.15, -0.1) is 0 Å². The van der Waals surface area contributed by atoms with E-state index in [0.29, 0.717) is 16.9 Å². The lowest BCUT2D eigenvalue weighted by atomic mass is 10.1. The van der Waals surface area contributed by atoms with Gasteiger partial charge >= 0.3 is 6.03 Å². The Balaban J connectivity index is 2.04. The van der Waals surface area contributed by atoms with Crippen LogP contribution in [0.5, 0.6) is 0 Å². The second kappa shape index (κ2) is 6.54. The van der Waals surface area contributed by atoms with Crippen molar-refractivity contribution in [3.05, 3.63) is 58.1 Å². The molecule has 2 N–H and O–H groups in total. The number of halogens is 1. The average Bonchev–Trinajstić information content (AvgIpc) is 2.44. The first kappa shape index (κ1) is 15.3. The first-order valence-electron chi connectivity index (χ1n) is 6.41. The Morgan fingerprint density at radius 2 is 1.67 bits per heavy atom. The Labute approximate surface area is 131 Å². The smallest absolute Gasteiger partial charge is 0.308 e. The SMILES string of the molecule is CC(=O)c1ccc(NC(=O)Nc2cccc(C)c2Br)cc1. The fourth-order valence-electron chi connectivity index (χ4n) is 1.82. The summed E-state index contributed by atoms with van der Waals surface area (Å²) in [5.41, 5.74) is 2.98. The van der Waals surface area contributed by atoms with Crippen molar-refractivity contribution in [2.45, 2.75) is 13.8 Å². The third kappa shape index (κ3) is 3.92. The van der Waals surface area contributed by atoms with Gasteiger partial charge in [-0.25, -0.2) is 4.79 Å². The molecule has 0 saturated carbocycles. The molecule has 0 saturated heterocycles. The van der Waals surface area contributed by atoms with Gasteiger partial charge < -0.3 is 10.6 Å². The third-order valence-electron chi connectivity index (χ3n) is 2.99. The van der Waals surface area contributed by atoms with Gasteiger partial charge in [0.15, 0.2) is 5.78 Å². The molecule has 2 amide bonds. The summed E-state index contributed by atoms with van der Waals surface area (Å²) in [6, 6.07) is 12.1. The summed E-state index contributed by atoms with van der Waals surface area (Å²) in [7, 11) is 0. The van der Waals surface area contributed by atoms with Crippen LogP contribution in [0.2, 0.25) is 0 Å². The van der Waals surface area contributed by atoms with Gasteiger partial charge in [-0.3, -0.25) is 4.79 Å². The molecule has 0 unspecified atom stereocenters. The quantitative estimate of drug-likeness (QED) is 0.797. The molecule has 0 aliphatic heterocycles. The maximum Gasteiger partial charge on any atom is 0.323 e. The van der Waals surface area contributed by atoms with Crippen molar-refractivity contribution in [1.82, 2.24) is 0 Å². The monoisotopic (exact) mass is 346 g/mol. The Kier molecular flexibility index (Phi) is 4.75. The summed E-state index contributed by atoms with van der Waals surface area (Å²) in [4.78, 5) is 23.1. The third-order valence-corrected chi connectivity index (χ3v) is 4.04. The number of aryl methyl sites for hydroxylation is 1. The molecule has 0 radical (unpaired) electrons. The molecule has 5 heteroatoms. The molecule has 21 heavy (non-hydrogen) atoms. The van der Waals surface area contributed by atoms with E-state index >= 15 is 0 Å². The number of benzene rings is 2. The molecule has 0 heterocycles. The summed E-state index contributed by atoms with van der Waals surface area (Å²) in [6.07, 6.45) is 0. The Morgan fingerprint density at radius 3 is 2.29 bits per heavy atom. The molecule has 0 spiro atoms. The minimum Gasteiger partial charge on any atom is -0.308 e. The van der Waals surface area contributed by atoms with Gasteiger partial charge in [-0.1, -0.05) is 12.1 Å². The summed E-state index contributed by atoms with van der Waals surface area (Å²) in [6.45, 7) is 3.46. The first-order chi connectivity index (χ1) is 9.97. The van der Waals surface area contributed by atoms with Crippen molar-refractivity contribution in [3.63, 3.8) is 0 Å². The van der Waals surface area contributed by atoms with Crippen LogP contribution in [-0.4, -0.2) is 11.8 Å². The van der Waals surface area contributed by atoms with Crippen molar-refractivity contribution >= 4 is 39.1 Å². The van der Waals surface area contributed by atoms with Crippen LogP contribution in [0.3, 0.4) is 0 Å². The summed E-state index contributed by atoms with van der Waals surface area (Å²) in [5, 5.41) is 5.49. The fourth-order valence-corrected chi connectivity index (χ4v) is 2.18. The second-order valence-electron chi connectivity index (χ2n) is 4.65. The summed E-state index contributed by atoms with van der Waals surface area (Å²) in [5.74, 6) is -0.00491. The van der Waals surface area contributed by atoms with E-state index in [4.69, 9.17) is 0 Å². The van der Waals surface area contributed by atoms with Gasteiger partial charge in [-0.05, 0) is 65.7 Å². The molecule has 4 nitrogen and oxygen atoms in total. The van der Waals surface area contributed by atoms with Crippen molar-refractivity contribution in [2.24, 2.45) is 0 Å². The zero-order valence-electron chi connectivity index (χ0n) is 11.7. The number of hydrogen-bond donors (Lipinski definition) is 2. The van der Waals surface area contributed by atoms with Crippen LogP contribution in [0.25, 0.3) is 0 Å². The zero-order chi connectivity index (χ0) is 15.4. The van der Waals surface area contributed by atoms with Crippen LogP contribution >= 0.6 is 15.9 Å². The molecule has 0 atom stereocenters. The van der Waals surface area contributed by atoms with Crippen molar-refractivity contribution in [1.29, 1.82) is 0 Å². The maximum absolute atomic E-state index is 12.0. The molecule has 0 aliphatic rings. The van der Waals surface area contributed by atoms with Crippen molar-refractivity contribution < 1.29 is 9.59 Å². The highest BCUT2D eigenvalue weighted by Gasteiger charge is 2.07. The number of urea groups is 1. The molecule has 108 valence electrons. The average molecular weight is 347 g/mol. The minimum absolute atomic E-state index is 0.00491. The number of carbonyl (C=O) groups excluding carboxylic acids is 2. The lowest BCUT2D eigenvalue weighted by Crippen LogP contribution is -2.19. The van der Waals surface area contributed by atoms with E-state index in [0.717, 1.165) is 10.0 Å². The number of amides is 2. The van der Waals surface area contributed by atoms with Crippen LogP contribution in [0.4, 0.5) is 16.2 Å². The molecule has 2 rings (SSSR count). The first-order valence-corrected chi connectivity index (χ1v) is 7.21. The standard InChI is InChI=1S/C16H15BrN2O2/c1-10-4-3-5-14(15(10)17)19-16(21)18-13-8-6-12(7-9-13)11(2)20/h3-9H,1-2H3,(H2,18,19,21). The number of nitrogens with one attached hydrogen (secondary N) is 2. The van der Waals surface area contributed by atoms with E-state index in [9.17, 15) is 9.59 Å². The van der Waals surface area contributed by atoms with Crippen molar-refractivity contribution in [3.8, 4) is 0 Å². The van der Waals surface area contributed by atoms with Gasteiger partial charge in [0.05, 0.1) is 5.69 Å². The zero-order valence-corrected chi connectivity index (χ0v) is 13.3. The van der Waals surface area contributed by atoms with Crippen LogP contribution in [0, 0.1) is 6.92 Å². The van der Waals surface area contributed by atoms with Crippen LogP contribution in [0.15, 0.2) is 46.9 Å². The van der Waals surface area contributed by atoms with E-state index in [1.54, 1.807) is 24.3 Å². The summed E-state index contributed by atoms with van der Waals surface area (Å²) >= 11 is 3.44. The molecule has 0 fully saturated rings. The van der Waals surface area contributed by atoms with E-state index in [1.165, 1.54) is 6.92 Å². The number of Topliss-reactive ketones (excluding diaryl/α,β-unsaturated/α-hetero) is 1. The predicted octanol–water partition coefficient (Wildman–Crippen LogP) is 4.60. The Morgan fingerprint density at radius 1 is 1.00 bits per heavy atom. The molecule has 0 aliphatic carbocycles. The molecular formula is C16H15BrN2O2. The molecule has 0 aromatic heterocycles. The minimum atomic E-state index is -0.336. The van der Waals surface area contributed by atoms with Gasteiger partial charge in [0, 0.05) is 15.7 Å². The Bertz CT molecular complexity index is 681. The van der Waals surface area contributed by atoms with E-state index in [1.807, 2.05) is 25.1 Å². The van der Waals surface area contributed by atoms with Gasteiger partial charge in [-0.2, -0.15) is 0 Å². The molecule has 0 bridgehead atoms. The number of anilines is 2. The number of rotatable bonds is 3. The van der Waals surface area contributed by atoms with Gasteiger partial charge in [0.25, 0.3) is 0 Å². The van der Waals surface area contributed by atoms with Crippen LogP contribution in [-0.2, 0) is 0 Å². The lowest BCUT2D eigenvalue weighted by molar-refractivity contribution is 0.101. The van der Waals surface area contributed by atoms with Gasteiger partial charge in [0.2, 0.25) is 0 Å². The maximum atomic E-state index is 12.0. The molecular weight excluding hydrogens is 332 g/mol. The number of ketones is 1. The normalized spacial score (nSPS) is 10.0.